The minimum absolute atomic E-state index is 0.0697. The maximum Gasteiger partial charge on any atom is 0.244 e. The van der Waals surface area contributed by atoms with Gasteiger partial charge in [0, 0.05) is 18.3 Å². The molecular formula is C13H25N5O. The molecule has 6 heteroatoms. The van der Waals surface area contributed by atoms with Crippen LogP contribution in [0.3, 0.4) is 0 Å². The molecule has 19 heavy (non-hydrogen) atoms. The van der Waals surface area contributed by atoms with Gasteiger partial charge in [-0.3, -0.25) is 4.79 Å². The molecule has 1 aromatic rings. The van der Waals surface area contributed by atoms with Gasteiger partial charge in [0.25, 0.3) is 0 Å². The van der Waals surface area contributed by atoms with Crippen LogP contribution in [0.1, 0.15) is 39.8 Å². The first-order valence-electron chi connectivity index (χ1n) is 6.86. The van der Waals surface area contributed by atoms with Crippen LogP contribution in [0.4, 0.5) is 0 Å². The summed E-state index contributed by atoms with van der Waals surface area (Å²) in [6.07, 6.45) is 3.52. The fraction of sp³-hybridized carbons (Fsp3) is 0.769. The molecule has 0 aliphatic rings. The number of hydrogen-bond acceptors (Lipinski definition) is 4. The van der Waals surface area contributed by atoms with Crippen molar-refractivity contribution in [1.29, 1.82) is 0 Å². The zero-order chi connectivity index (χ0) is 14.4. The predicted molar refractivity (Wildman–Crippen MR) is 74.5 cm³/mol. The predicted octanol–water partition coefficient (Wildman–Crippen LogP) is 0.815. The molecule has 0 spiro atoms. The zero-order valence-corrected chi connectivity index (χ0v) is 12.3. The Balaban J connectivity index is 2.62. The number of aryl methyl sites for hydroxylation is 1. The Kier molecular flexibility index (Phi) is 5.95. The van der Waals surface area contributed by atoms with Crippen molar-refractivity contribution in [2.75, 3.05) is 6.54 Å². The smallest absolute Gasteiger partial charge is 0.244 e. The van der Waals surface area contributed by atoms with E-state index in [2.05, 4.69) is 10.3 Å². The summed E-state index contributed by atoms with van der Waals surface area (Å²) in [4.78, 5) is 14.1. The second-order valence-corrected chi connectivity index (χ2v) is 5.29. The first-order valence-corrected chi connectivity index (χ1v) is 6.86. The molecule has 2 N–H and O–H groups in total. The summed E-state index contributed by atoms with van der Waals surface area (Å²) < 4.78 is 1.60. The Morgan fingerprint density at radius 1 is 1.37 bits per heavy atom. The standard InChI is InChI=1S/C13H25N5O/c1-10(2)18(11(3)4)13(19)9-17-8-12(15-16-17)6-5-7-14/h8,10-11H,5-7,9,14H2,1-4H3. The Morgan fingerprint density at radius 2 is 2.00 bits per heavy atom. The molecule has 1 heterocycles. The molecule has 1 aromatic heterocycles. The van der Waals surface area contributed by atoms with Gasteiger partial charge in [0.05, 0.1) is 5.69 Å². The van der Waals surface area contributed by atoms with Crippen LogP contribution in [0.15, 0.2) is 6.20 Å². The molecule has 0 aliphatic heterocycles. The van der Waals surface area contributed by atoms with Crippen molar-refractivity contribution in [3.8, 4) is 0 Å². The van der Waals surface area contributed by atoms with E-state index in [4.69, 9.17) is 5.73 Å². The lowest BCUT2D eigenvalue weighted by Gasteiger charge is -2.30. The third kappa shape index (κ3) is 4.63. The molecule has 0 saturated heterocycles. The van der Waals surface area contributed by atoms with Crippen molar-refractivity contribution in [1.82, 2.24) is 19.9 Å². The van der Waals surface area contributed by atoms with E-state index in [1.807, 2.05) is 38.8 Å². The summed E-state index contributed by atoms with van der Waals surface area (Å²) >= 11 is 0. The van der Waals surface area contributed by atoms with Gasteiger partial charge in [0.15, 0.2) is 0 Å². The van der Waals surface area contributed by atoms with Crippen LogP contribution in [0.25, 0.3) is 0 Å². The third-order valence-corrected chi connectivity index (χ3v) is 2.92. The fourth-order valence-corrected chi connectivity index (χ4v) is 2.21. The molecule has 0 bridgehead atoms. The number of nitrogens with zero attached hydrogens (tertiary/aromatic N) is 4. The van der Waals surface area contributed by atoms with E-state index in [1.54, 1.807) is 4.68 Å². The van der Waals surface area contributed by atoms with Crippen LogP contribution in [-0.2, 0) is 17.8 Å². The van der Waals surface area contributed by atoms with Gasteiger partial charge in [-0.05, 0) is 47.1 Å². The Hall–Kier alpha value is -1.43. The molecule has 0 fully saturated rings. The second kappa shape index (κ2) is 7.23. The lowest BCUT2D eigenvalue weighted by molar-refractivity contribution is -0.135. The van der Waals surface area contributed by atoms with Gasteiger partial charge in [-0.25, -0.2) is 4.68 Å². The van der Waals surface area contributed by atoms with E-state index in [0.29, 0.717) is 6.54 Å². The summed E-state index contributed by atoms with van der Waals surface area (Å²) in [5.74, 6) is 0.0697. The topological polar surface area (TPSA) is 77.0 Å². The van der Waals surface area contributed by atoms with Crippen molar-refractivity contribution in [2.45, 2.75) is 59.2 Å². The van der Waals surface area contributed by atoms with E-state index in [-0.39, 0.29) is 24.5 Å². The van der Waals surface area contributed by atoms with Crippen molar-refractivity contribution < 1.29 is 4.79 Å². The van der Waals surface area contributed by atoms with Crippen LogP contribution >= 0.6 is 0 Å². The first kappa shape index (κ1) is 15.6. The summed E-state index contributed by atoms with van der Waals surface area (Å²) in [6, 6.07) is 0.375. The molecule has 0 saturated carbocycles. The highest BCUT2D eigenvalue weighted by atomic mass is 16.2. The zero-order valence-electron chi connectivity index (χ0n) is 12.3. The van der Waals surface area contributed by atoms with Gasteiger partial charge < -0.3 is 10.6 Å². The number of carbonyl (C=O) groups is 1. The molecule has 0 aromatic carbocycles. The highest BCUT2D eigenvalue weighted by molar-refractivity contribution is 5.76. The number of amides is 1. The van der Waals surface area contributed by atoms with Crippen molar-refractivity contribution >= 4 is 5.91 Å². The summed E-state index contributed by atoms with van der Waals surface area (Å²) in [6.45, 7) is 8.96. The minimum atomic E-state index is 0.0697. The van der Waals surface area contributed by atoms with Crippen LogP contribution in [0, 0.1) is 0 Å². The van der Waals surface area contributed by atoms with E-state index in [0.717, 1.165) is 18.5 Å². The average molecular weight is 267 g/mol. The van der Waals surface area contributed by atoms with Crippen molar-refractivity contribution in [2.24, 2.45) is 5.73 Å². The van der Waals surface area contributed by atoms with Gasteiger partial charge in [-0.1, -0.05) is 5.21 Å². The normalized spacial score (nSPS) is 11.3. The molecule has 0 aliphatic carbocycles. The molecule has 1 amide bonds. The van der Waals surface area contributed by atoms with Crippen molar-refractivity contribution in [3.63, 3.8) is 0 Å². The molecule has 0 atom stereocenters. The maximum atomic E-state index is 12.2. The second-order valence-electron chi connectivity index (χ2n) is 5.29. The minimum Gasteiger partial charge on any atom is -0.336 e. The molecule has 0 unspecified atom stereocenters. The van der Waals surface area contributed by atoms with Gasteiger partial charge in [0.2, 0.25) is 5.91 Å². The largest absolute Gasteiger partial charge is 0.336 e. The van der Waals surface area contributed by atoms with Gasteiger partial charge >= 0.3 is 0 Å². The van der Waals surface area contributed by atoms with E-state index in [9.17, 15) is 4.79 Å². The Bertz CT molecular complexity index is 391. The average Bonchev–Trinajstić information content (AvgIpc) is 2.72. The van der Waals surface area contributed by atoms with E-state index in [1.165, 1.54) is 0 Å². The van der Waals surface area contributed by atoms with E-state index < -0.39 is 0 Å². The number of rotatable bonds is 7. The van der Waals surface area contributed by atoms with E-state index >= 15 is 0 Å². The number of nitrogens with two attached hydrogens (primary N) is 1. The monoisotopic (exact) mass is 267 g/mol. The summed E-state index contributed by atoms with van der Waals surface area (Å²) in [5, 5.41) is 8.03. The number of hydrogen-bond donors (Lipinski definition) is 1. The summed E-state index contributed by atoms with van der Waals surface area (Å²) in [7, 11) is 0. The maximum absolute atomic E-state index is 12.2. The SMILES string of the molecule is CC(C)N(C(=O)Cn1cc(CCCN)nn1)C(C)C. The molecule has 108 valence electrons. The van der Waals surface area contributed by atoms with Crippen LogP contribution in [-0.4, -0.2) is 44.4 Å². The van der Waals surface area contributed by atoms with Crippen LogP contribution in [0.2, 0.25) is 0 Å². The molecule has 0 radical (unpaired) electrons. The summed E-state index contributed by atoms with van der Waals surface area (Å²) in [5.41, 5.74) is 6.34. The quantitative estimate of drug-likeness (QED) is 0.793. The molecule has 1 rings (SSSR count). The number of carbonyl (C=O) groups excluding carboxylic acids is 1. The lowest BCUT2D eigenvalue weighted by Crippen LogP contribution is -2.43. The van der Waals surface area contributed by atoms with Crippen LogP contribution in [0.5, 0.6) is 0 Å². The fourth-order valence-electron chi connectivity index (χ4n) is 2.21. The Labute approximate surface area is 115 Å². The third-order valence-electron chi connectivity index (χ3n) is 2.92. The molecule has 6 nitrogen and oxygen atoms in total. The highest BCUT2D eigenvalue weighted by Crippen LogP contribution is 2.07. The van der Waals surface area contributed by atoms with Gasteiger partial charge in [0.1, 0.15) is 6.54 Å². The highest BCUT2D eigenvalue weighted by Gasteiger charge is 2.20. The molecular weight excluding hydrogens is 242 g/mol. The number of aromatic nitrogens is 3. The first-order chi connectivity index (χ1) is 8.95. The lowest BCUT2D eigenvalue weighted by atomic mass is 10.2. The van der Waals surface area contributed by atoms with Gasteiger partial charge in [-0.15, -0.1) is 5.10 Å². The van der Waals surface area contributed by atoms with Crippen molar-refractivity contribution in [3.05, 3.63) is 11.9 Å². The van der Waals surface area contributed by atoms with Gasteiger partial charge in [-0.2, -0.15) is 0 Å². The Morgan fingerprint density at radius 3 is 2.53 bits per heavy atom. The van der Waals surface area contributed by atoms with Crippen LogP contribution < -0.4 is 5.73 Å².